The van der Waals surface area contributed by atoms with Crippen LogP contribution in [0.4, 0.5) is 5.82 Å². The highest BCUT2D eigenvalue weighted by Crippen LogP contribution is 2.21. The Morgan fingerprint density at radius 2 is 1.45 bits per heavy atom. The van der Waals surface area contributed by atoms with Crippen molar-refractivity contribution in [2.45, 2.75) is 79.7 Å². The lowest BCUT2D eigenvalue weighted by atomic mass is 10.0. The van der Waals surface area contributed by atoms with Gasteiger partial charge in [0.15, 0.2) is 5.82 Å². The number of fused-ring (bicyclic) bond motifs is 1. The molecule has 5 nitrogen and oxygen atoms in total. The Kier molecular flexibility index (Phi) is 9.83. The first-order valence-electron chi connectivity index (χ1n) is 11.4. The van der Waals surface area contributed by atoms with Gasteiger partial charge < -0.3 is 15.2 Å². The highest BCUT2D eigenvalue weighted by molar-refractivity contribution is 6.01. The van der Waals surface area contributed by atoms with Crippen LogP contribution in [0, 0.1) is 0 Å². The van der Waals surface area contributed by atoms with E-state index in [1.807, 2.05) is 18.3 Å². The van der Waals surface area contributed by atoms with Gasteiger partial charge in [-0.25, -0.2) is 9.98 Å². The van der Waals surface area contributed by atoms with Crippen molar-refractivity contribution in [1.82, 2.24) is 9.55 Å². The fourth-order valence-corrected chi connectivity index (χ4v) is 3.62. The Balaban J connectivity index is 1.75. The minimum absolute atomic E-state index is 0.571. The number of aromatic nitrogens is 2. The summed E-state index contributed by atoms with van der Waals surface area (Å²) in [6.07, 6.45) is 18.0. The zero-order valence-corrected chi connectivity index (χ0v) is 20.4. The van der Waals surface area contributed by atoms with Crippen molar-refractivity contribution in [3.8, 4) is 0 Å². The zero-order valence-electron chi connectivity index (χ0n) is 20.4. The van der Waals surface area contributed by atoms with Gasteiger partial charge >= 0.3 is 0 Å². The molecule has 0 fully saturated rings. The molecule has 1 aliphatic heterocycles. The van der Waals surface area contributed by atoms with Crippen LogP contribution >= 0.6 is 0 Å². The van der Waals surface area contributed by atoms with Crippen LogP contribution in [-0.4, -0.2) is 29.1 Å². The van der Waals surface area contributed by atoms with Crippen molar-refractivity contribution in [3.05, 3.63) is 58.6 Å². The molecule has 5 heteroatoms. The molecule has 31 heavy (non-hydrogen) atoms. The monoisotopic (exact) mass is 423 g/mol. The van der Waals surface area contributed by atoms with E-state index >= 15 is 0 Å². The first-order chi connectivity index (χ1) is 14.8. The average molecular weight is 424 g/mol. The molecule has 1 aliphatic rings. The van der Waals surface area contributed by atoms with E-state index in [-0.39, 0.29) is 0 Å². The molecule has 0 atom stereocenters. The van der Waals surface area contributed by atoms with Crippen molar-refractivity contribution in [2.24, 2.45) is 10.7 Å². The van der Waals surface area contributed by atoms with E-state index in [9.17, 15) is 0 Å². The number of allylic oxidation sites excluding steroid dienone is 8. The van der Waals surface area contributed by atoms with E-state index in [4.69, 9.17) is 5.73 Å². The number of aliphatic imine (C=N–C) groups is 1. The second kappa shape index (κ2) is 12.3. The van der Waals surface area contributed by atoms with E-state index in [1.54, 1.807) is 0 Å². The molecule has 0 aromatic carbocycles. The topological polar surface area (TPSA) is 59.4 Å². The fourth-order valence-electron chi connectivity index (χ4n) is 3.62. The maximum atomic E-state index is 6.10. The number of anilines is 1. The van der Waals surface area contributed by atoms with E-state index in [2.05, 4.69) is 73.5 Å². The van der Waals surface area contributed by atoms with Gasteiger partial charge in [-0.3, -0.25) is 0 Å². The second-order valence-corrected chi connectivity index (χ2v) is 9.00. The van der Waals surface area contributed by atoms with Crippen molar-refractivity contribution < 1.29 is 0 Å². The van der Waals surface area contributed by atoms with Crippen molar-refractivity contribution in [3.63, 3.8) is 0 Å². The van der Waals surface area contributed by atoms with E-state index in [1.165, 1.54) is 28.7 Å². The molecule has 0 spiro atoms. The minimum Gasteiger partial charge on any atom is -0.382 e. The summed E-state index contributed by atoms with van der Waals surface area (Å²) in [6.45, 7) is 12.4. The van der Waals surface area contributed by atoms with E-state index in [0.29, 0.717) is 12.5 Å². The molecule has 170 valence electrons. The number of hydrogen-bond acceptors (Lipinski definition) is 4. The lowest BCUT2D eigenvalue weighted by Crippen LogP contribution is -2.31. The van der Waals surface area contributed by atoms with Crippen LogP contribution in [0.2, 0.25) is 0 Å². The molecule has 0 bridgehead atoms. The first-order valence-corrected chi connectivity index (χ1v) is 11.4. The Morgan fingerprint density at radius 1 is 0.903 bits per heavy atom. The number of hydrogen-bond donors (Lipinski definition) is 1. The van der Waals surface area contributed by atoms with Gasteiger partial charge in [0.1, 0.15) is 18.2 Å². The van der Waals surface area contributed by atoms with Crippen molar-refractivity contribution in [1.29, 1.82) is 0 Å². The van der Waals surface area contributed by atoms with Gasteiger partial charge in [-0.15, -0.1) is 0 Å². The maximum Gasteiger partial charge on any atom is 0.159 e. The normalized spacial score (nSPS) is 15.1. The molecule has 2 N–H and O–H groups in total. The molecular formula is C26H41N5. The summed E-state index contributed by atoms with van der Waals surface area (Å²) in [5, 5.41) is 0. The highest BCUT2D eigenvalue weighted by atomic mass is 15.3. The molecule has 1 aromatic rings. The molecule has 0 radical (unpaired) electrons. The van der Waals surface area contributed by atoms with Gasteiger partial charge in [0.05, 0.1) is 6.33 Å². The predicted octanol–water partition coefficient (Wildman–Crippen LogP) is 6.14. The smallest absolute Gasteiger partial charge is 0.159 e. The summed E-state index contributed by atoms with van der Waals surface area (Å²) in [5.74, 6) is 1.50. The van der Waals surface area contributed by atoms with Crippen LogP contribution in [0.3, 0.4) is 0 Å². The molecule has 2 rings (SSSR count). The van der Waals surface area contributed by atoms with E-state index < -0.39 is 0 Å². The summed E-state index contributed by atoms with van der Waals surface area (Å²) in [6, 6.07) is 0. The van der Waals surface area contributed by atoms with E-state index in [0.717, 1.165) is 50.2 Å². The van der Waals surface area contributed by atoms with Crippen LogP contribution in [0.25, 0.3) is 0 Å². The molecule has 2 heterocycles. The third-order valence-electron chi connectivity index (χ3n) is 5.67. The van der Waals surface area contributed by atoms with Crippen LogP contribution < -0.4 is 10.6 Å². The van der Waals surface area contributed by atoms with Crippen molar-refractivity contribution >= 4 is 11.7 Å². The molecule has 0 saturated heterocycles. The van der Waals surface area contributed by atoms with Crippen LogP contribution in [-0.2, 0) is 6.54 Å². The number of rotatable bonds is 11. The number of nitrogens with zero attached hydrogens (tertiary/aromatic N) is 4. The predicted molar refractivity (Wildman–Crippen MR) is 135 cm³/mol. The number of nitrogens with two attached hydrogens (primary N) is 1. The van der Waals surface area contributed by atoms with Gasteiger partial charge in [-0.1, -0.05) is 46.6 Å². The fraction of sp³-hybridized carbons (Fsp3) is 0.538. The quantitative estimate of drug-likeness (QED) is 0.435. The average Bonchev–Trinajstić information content (AvgIpc) is 3.14. The Labute approximate surface area is 189 Å². The van der Waals surface area contributed by atoms with Gasteiger partial charge in [0, 0.05) is 13.6 Å². The maximum absolute atomic E-state index is 6.10. The summed E-state index contributed by atoms with van der Waals surface area (Å²) in [4.78, 5) is 10.9. The summed E-state index contributed by atoms with van der Waals surface area (Å²) < 4.78 is 2.08. The molecule has 0 unspecified atom stereocenters. The third kappa shape index (κ3) is 8.23. The van der Waals surface area contributed by atoms with Crippen LogP contribution in [0.15, 0.2) is 57.9 Å². The van der Waals surface area contributed by atoms with Gasteiger partial charge in [-0.05, 0) is 73.1 Å². The Hall–Kier alpha value is -2.56. The largest absolute Gasteiger partial charge is 0.382 e. The highest BCUT2D eigenvalue weighted by Gasteiger charge is 2.21. The van der Waals surface area contributed by atoms with Crippen LogP contribution in [0.5, 0.6) is 0 Å². The Morgan fingerprint density at radius 3 is 2.03 bits per heavy atom. The first kappa shape index (κ1) is 24.7. The summed E-state index contributed by atoms with van der Waals surface area (Å²) in [5.41, 5.74) is 12.8. The molecule has 0 amide bonds. The standard InChI is InChI=1S/C26H41N5/c1-20(2)10-7-11-21(3)12-8-13-22(4)14-9-15-23(5)16-17-31-19-29-26-24(31)25(27)28-18-30(26)6/h10,12,14,16,19H,7-9,11,13,15,17-18H2,1-6H3,(H2,27,28)/b21-12+,22-14+,23-16+. The van der Waals surface area contributed by atoms with Crippen molar-refractivity contribution in [2.75, 3.05) is 18.6 Å². The summed E-state index contributed by atoms with van der Waals surface area (Å²) in [7, 11) is 1.99. The summed E-state index contributed by atoms with van der Waals surface area (Å²) >= 11 is 0. The number of imidazole rings is 1. The molecular weight excluding hydrogens is 382 g/mol. The van der Waals surface area contributed by atoms with Gasteiger partial charge in [0.2, 0.25) is 0 Å². The number of amidine groups is 1. The zero-order chi connectivity index (χ0) is 22.8. The Bertz CT molecular complexity index is 876. The minimum atomic E-state index is 0.571. The lowest BCUT2D eigenvalue weighted by molar-refractivity contribution is 0.789. The third-order valence-corrected chi connectivity index (χ3v) is 5.67. The second-order valence-electron chi connectivity index (χ2n) is 9.00. The van der Waals surface area contributed by atoms with Gasteiger partial charge in [0.25, 0.3) is 0 Å². The molecule has 1 aromatic heterocycles. The SMILES string of the molecule is CC(C)=CCC/C(C)=C/CC/C(C)=C/CC/C(C)=C/Cn1cnc2c1C(N)=NCN2C. The molecule has 0 aliphatic carbocycles. The van der Waals surface area contributed by atoms with Crippen LogP contribution in [0.1, 0.15) is 78.8 Å². The lowest BCUT2D eigenvalue weighted by Gasteiger charge is -2.21. The molecule has 0 saturated carbocycles. The van der Waals surface area contributed by atoms with Gasteiger partial charge in [-0.2, -0.15) is 0 Å².